The van der Waals surface area contributed by atoms with E-state index in [1.54, 1.807) is 0 Å². The first-order valence-electron chi connectivity index (χ1n) is 10.8. The maximum absolute atomic E-state index is 13.6. The van der Waals surface area contributed by atoms with Gasteiger partial charge in [-0.1, -0.05) is 0 Å². The largest absolute Gasteiger partial charge is 0.452 e. The minimum absolute atomic E-state index is 0.00411. The lowest BCUT2D eigenvalue weighted by molar-refractivity contribution is -0.161. The van der Waals surface area contributed by atoms with Gasteiger partial charge < -0.3 is 15.4 Å². The molecular weight excluding hydrogens is 520 g/mol. The summed E-state index contributed by atoms with van der Waals surface area (Å²) in [5.74, 6) is -1.20. The van der Waals surface area contributed by atoms with Gasteiger partial charge >= 0.3 is 24.4 Å². The molecule has 0 bridgehead atoms. The Labute approximate surface area is 204 Å². The monoisotopic (exact) mass is 541 g/mol. The summed E-state index contributed by atoms with van der Waals surface area (Å²) in [6, 6.07) is -0.865. The highest BCUT2D eigenvalue weighted by Crippen LogP contribution is 2.42. The molecule has 1 aliphatic heterocycles. The van der Waals surface area contributed by atoms with Crippen molar-refractivity contribution in [2.75, 3.05) is 18.5 Å². The molecule has 4 rings (SSSR count). The lowest BCUT2D eigenvalue weighted by Gasteiger charge is -2.16. The molecule has 1 aliphatic carbocycles. The van der Waals surface area contributed by atoms with Gasteiger partial charge in [-0.3, -0.25) is 5.32 Å². The fourth-order valence-electron chi connectivity index (χ4n) is 4.22. The fourth-order valence-corrected chi connectivity index (χ4v) is 6.70. The highest BCUT2D eigenvalue weighted by Gasteiger charge is 2.38. The van der Waals surface area contributed by atoms with E-state index in [4.69, 9.17) is 0 Å². The Bertz CT molecular complexity index is 1120. The van der Waals surface area contributed by atoms with E-state index in [1.807, 2.05) is 0 Å². The summed E-state index contributed by atoms with van der Waals surface area (Å²) >= 11 is 1.71. The zero-order valence-electron chi connectivity index (χ0n) is 18.2. The van der Waals surface area contributed by atoms with Crippen LogP contribution < -0.4 is 16.0 Å². The van der Waals surface area contributed by atoms with Crippen molar-refractivity contribution in [3.05, 3.63) is 36.9 Å². The maximum Gasteiger partial charge on any atom is 0.425 e. The Balaban J connectivity index is 1.52. The molecule has 14 heteroatoms. The third-order valence-corrected chi connectivity index (χ3v) is 8.22. The average Bonchev–Trinajstić information content (AvgIpc) is 3.33. The van der Waals surface area contributed by atoms with Gasteiger partial charge in [0, 0.05) is 22.8 Å². The molecule has 0 saturated carbocycles. The normalized spacial score (nSPS) is 15.8. The molecule has 6 nitrogen and oxygen atoms in total. The van der Waals surface area contributed by atoms with E-state index in [2.05, 4.69) is 20.7 Å². The number of anilines is 1. The van der Waals surface area contributed by atoms with E-state index in [0.29, 0.717) is 59.7 Å². The van der Waals surface area contributed by atoms with Crippen molar-refractivity contribution in [2.45, 2.75) is 57.5 Å². The van der Waals surface area contributed by atoms with Crippen molar-refractivity contribution in [1.29, 1.82) is 0 Å². The van der Waals surface area contributed by atoms with Crippen LogP contribution in [0.5, 0.6) is 0 Å². The summed E-state index contributed by atoms with van der Waals surface area (Å²) in [7, 11) is 0. The molecule has 192 valence electrons. The van der Waals surface area contributed by atoms with Crippen LogP contribution in [-0.4, -0.2) is 31.3 Å². The van der Waals surface area contributed by atoms with Crippen LogP contribution in [0.2, 0.25) is 0 Å². The number of alkyl halides is 6. The van der Waals surface area contributed by atoms with Crippen LogP contribution >= 0.6 is 22.7 Å². The molecular formula is C21H21F6N3O3S2. The Hall–Kier alpha value is -2.32. The van der Waals surface area contributed by atoms with Gasteiger partial charge in [0.2, 0.25) is 0 Å². The van der Waals surface area contributed by atoms with Crippen molar-refractivity contribution in [2.24, 2.45) is 0 Å². The molecule has 2 amide bonds. The smallest absolute Gasteiger partial charge is 0.425 e. The highest BCUT2D eigenvalue weighted by atomic mass is 32.1. The van der Waals surface area contributed by atoms with Crippen LogP contribution in [0.4, 0.5) is 36.1 Å². The fraction of sp³-hybridized carbons (Fsp3) is 0.524. The number of nitrogens with one attached hydrogen (secondary N) is 3. The molecule has 35 heavy (non-hydrogen) atoms. The van der Waals surface area contributed by atoms with Crippen LogP contribution in [0.1, 0.15) is 54.5 Å². The second-order valence-electron chi connectivity index (χ2n) is 8.15. The minimum Gasteiger partial charge on any atom is -0.452 e. The Morgan fingerprint density at radius 3 is 2.43 bits per heavy atom. The number of thiophene rings is 2. The van der Waals surface area contributed by atoms with Gasteiger partial charge in [-0.05, 0) is 55.3 Å². The molecule has 2 aliphatic rings. The molecule has 3 heterocycles. The van der Waals surface area contributed by atoms with Crippen molar-refractivity contribution in [3.63, 3.8) is 0 Å². The zero-order valence-corrected chi connectivity index (χ0v) is 19.8. The van der Waals surface area contributed by atoms with Gasteiger partial charge in [-0.15, -0.1) is 22.7 Å². The number of fused-ring (bicyclic) bond motifs is 2. The molecule has 0 aromatic carbocycles. The number of rotatable bonds is 5. The molecule has 0 unspecified atom stereocenters. The average molecular weight is 542 g/mol. The first kappa shape index (κ1) is 25.8. The molecule has 0 fully saturated rings. The Morgan fingerprint density at radius 2 is 1.71 bits per heavy atom. The van der Waals surface area contributed by atoms with Crippen molar-refractivity contribution < 1.29 is 40.7 Å². The first-order chi connectivity index (χ1) is 16.4. The van der Waals surface area contributed by atoms with Gasteiger partial charge in [0.15, 0.2) is 6.61 Å². The zero-order chi connectivity index (χ0) is 25.4. The minimum atomic E-state index is -4.71. The van der Waals surface area contributed by atoms with Gasteiger partial charge in [0.1, 0.15) is 9.88 Å². The van der Waals surface area contributed by atoms with E-state index >= 15 is 0 Å². The van der Waals surface area contributed by atoms with Crippen LogP contribution in [0.3, 0.4) is 0 Å². The number of carbonyl (C=O) groups is 2. The van der Waals surface area contributed by atoms with Crippen molar-refractivity contribution >= 4 is 39.7 Å². The Morgan fingerprint density at radius 1 is 0.971 bits per heavy atom. The van der Waals surface area contributed by atoms with Gasteiger partial charge in [-0.2, -0.15) is 26.3 Å². The van der Waals surface area contributed by atoms with Gasteiger partial charge in [0.25, 0.3) is 0 Å². The number of urea groups is 1. The summed E-state index contributed by atoms with van der Waals surface area (Å²) < 4.78 is 82.7. The molecule has 0 radical (unpaired) electrons. The third-order valence-electron chi connectivity index (χ3n) is 5.69. The van der Waals surface area contributed by atoms with E-state index in [9.17, 15) is 35.9 Å². The lowest BCUT2D eigenvalue weighted by Crippen LogP contribution is -2.30. The highest BCUT2D eigenvalue weighted by molar-refractivity contribution is 7.17. The van der Waals surface area contributed by atoms with Crippen LogP contribution in [0, 0.1) is 0 Å². The van der Waals surface area contributed by atoms with Crippen LogP contribution in [0.25, 0.3) is 0 Å². The third kappa shape index (κ3) is 5.92. The second kappa shape index (κ2) is 9.97. The number of aryl methyl sites for hydroxylation is 1. The van der Waals surface area contributed by atoms with E-state index in [1.165, 1.54) is 0 Å². The van der Waals surface area contributed by atoms with Gasteiger partial charge in [-0.25, -0.2) is 9.59 Å². The first-order valence-corrected chi connectivity index (χ1v) is 12.4. The molecule has 3 N–H and O–H groups in total. The quantitative estimate of drug-likeness (QED) is 0.350. The number of ether oxygens (including phenoxy) is 1. The number of hydrogen-bond donors (Lipinski definition) is 3. The molecule has 0 atom stereocenters. The Kier molecular flexibility index (Phi) is 7.34. The molecule has 2 aromatic rings. The molecule has 2 aromatic heterocycles. The van der Waals surface area contributed by atoms with E-state index < -0.39 is 35.8 Å². The lowest BCUT2D eigenvalue weighted by atomic mass is 9.95. The standard InChI is InChI=1S/C21H21F6N3O3S2/c22-20(23,24)9-33-18(31)15-11-3-1-2-4-13(11)35-17(15)30-19(32)29-7-12-10-5-6-28-8-14(10)34-16(12)21(25,26)27/h28H,1-9H2,(H2,29,30,32). The number of hydrogen-bond acceptors (Lipinski definition) is 6. The number of carbonyl (C=O) groups excluding carboxylic acids is 2. The predicted octanol–water partition coefficient (Wildman–Crippen LogP) is 5.39. The number of amides is 2. The van der Waals surface area contributed by atoms with Crippen LogP contribution in [-0.2, 0) is 43.3 Å². The van der Waals surface area contributed by atoms with E-state index in [0.717, 1.165) is 29.1 Å². The topological polar surface area (TPSA) is 79.5 Å². The number of esters is 1. The van der Waals surface area contributed by atoms with Crippen molar-refractivity contribution in [1.82, 2.24) is 10.6 Å². The summed E-state index contributed by atoms with van der Waals surface area (Å²) in [6.45, 7) is -1.31. The molecule has 0 saturated heterocycles. The van der Waals surface area contributed by atoms with Crippen LogP contribution in [0.15, 0.2) is 0 Å². The summed E-state index contributed by atoms with van der Waals surface area (Å²) in [6.07, 6.45) is -6.27. The predicted molar refractivity (Wildman–Crippen MR) is 118 cm³/mol. The second-order valence-corrected chi connectivity index (χ2v) is 10.4. The number of halogens is 6. The summed E-state index contributed by atoms with van der Waals surface area (Å²) in [4.78, 5) is 25.6. The van der Waals surface area contributed by atoms with Crippen molar-refractivity contribution in [3.8, 4) is 0 Å². The molecule has 0 spiro atoms. The summed E-state index contributed by atoms with van der Waals surface area (Å²) in [5.41, 5.74) is 0.982. The SMILES string of the molecule is O=C(NCc1c(C(F)(F)F)sc2c1CCNC2)Nc1sc2c(c1C(=O)OCC(F)(F)F)CCCC2. The summed E-state index contributed by atoms with van der Waals surface area (Å²) in [5, 5.41) is 7.90. The van der Waals surface area contributed by atoms with Gasteiger partial charge in [0.05, 0.1) is 5.56 Å². The van der Waals surface area contributed by atoms with E-state index in [-0.39, 0.29) is 22.7 Å². The maximum atomic E-state index is 13.6.